The molecule has 1 saturated heterocycles. The molecule has 1 fully saturated rings. The fraction of sp³-hybridized carbons (Fsp3) is 0.259. The van der Waals surface area contributed by atoms with Crippen molar-refractivity contribution in [1.29, 1.82) is 0 Å². The molecule has 1 heterocycles. The van der Waals surface area contributed by atoms with Crippen LogP contribution in [0.3, 0.4) is 0 Å². The third kappa shape index (κ3) is 6.83. The maximum absolute atomic E-state index is 12.4. The average Bonchev–Trinajstić information content (AvgIpc) is 3.37. The number of anilines is 3. The summed E-state index contributed by atoms with van der Waals surface area (Å²) >= 11 is 0. The van der Waals surface area contributed by atoms with E-state index in [1.54, 1.807) is 30.3 Å². The Morgan fingerprint density at radius 3 is 2.32 bits per heavy atom. The molecule has 7 nitrogen and oxygen atoms in total. The van der Waals surface area contributed by atoms with E-state index in [0.29, 0.717) is 23.5 Å². The molecule has 3 N–H and O–H groups in total. The topological polar surface area (TPSA) is 88.7 Å². The summed E-state index contributed by atoms with van der Waals surface area (Å²) in [5.41, 5.74) is 3.76. The molecule has 0 saturated carbocycles. The van der Waals surface area contributed by atoms with E-state index in [9.17, 15) is 9.59 Å². The molecular weight excluding hydrogens is 430 g/mol. The van der Waals surface area contributed by atoms with Crippen molar-refractivity contribution in [1.82, 2.24) is 0 Å². The summed E-state index contributed by atoms with van der Waals surface area (Å²) in [5, 5.41) is 8.80. The lowest BCUT2D eigenvalue weighted by Gasteiger charge is -2.12. The number of ether oxygens (including phenoxy) is 2. The lowest BCUT2D eigenvalue weighted by molar-refractivity contribution is -0.114. The first-order valence-corrected chi connectivity index (χ1v) is 11.4. The van der Waals surface area contributed by atoms with Crippen LogP contribution in [0.5, 0.6) is 5.75 Å². The van der Waals surface area contributed by atoms with Gasteiger partial charge in [0.25, 0.3) is 5.91 Å². The fourth-order valence-corrected chi connectivity index (χ4v) is 3.65. The first-order chi connectivity index (χ1) is 16.5. The van der Waals surface area contributed by atoms with E-state index in [1.165, 1.54) is 0 Å². The molecule has 0 aliphatic carbocycles. The summed E-state index contributed by atoms with van der Waals surface area (Å²) in [5.74, 6) is 0.434. The number of nitrogens with one attached hydrogen (secondary N) is 3. The van der Waals surface area contributed by atoms with Crippen LogP contribution in [0.25, 0.3) is 0 Å². The van der Waals surface area contributed by atoms with Gasteiger partial charge in [-0.3, -0.25) is 9.59 Å². The van der Waals surface area contributed by atoms with Gasteiger partial charge in [-0.1, -0.05) is 17.7 Å². The van der Waals surface area contributed by atoms with Crippen molar-refractivity contribution in [3.63, 3.8) is 0 Å². The van der Waals surface area contributed by atoms with Crippen LogP contribution in [0.1, 0.15) is 28.8 Å². The van der Waals surface area contributed by atoms with Gasteiger partial charge in [0.05, 0.1) is 12.6 Å². The molecular formula is C27H29N3O4. The molecule has 1 unspecified atom stereocenters. The average molecular weight is 460 g/mol. The molecule has 0 aromatic heterocycles. The van der Waals surface area contributed by atoms with E-state index in [1.807, 2.05) is 49.4 Å². The highest BCUT2D eigenvalue weighted by Crippen LogP contribution is 2.19. The largest absolute Gasteiger partial charge is 0.491 e. The van der Waals surface area contributed by atoms with E-state index < -0.39 is 0 Å². The minimum atomic E-state index is -0.173. The van der Waals surface area contributed by atoms with Crippen molar-refractivity contribution >= 4 is 28.9 Å². The quantitative estimate of drug-likeness (QED) is 0.425. The van der Waals surface area contributed by atoms with Gasteiger partial charge in [-0.2, -0.15) is 0 Å². The van der Waals surface area contributed by atoms with Crippen molar-refractivity contribution in [2.75, 3.05) is 35.7 Å². The summed E-state index contributed by atoms with van der Waals surface area (Å²) < 4.78 is 11.3. The Kier molecular flexibility index (Phi) is 7.78. The van der Waals surface area contributed by atoms with Crippen molar-refractivity contribution in [2.45, 2.75) is 25.9 Å². The van der Waals surface area contributed by atoms with Gasteiger partial charge in [0.2, 0.25) is 5.91 Å². The van der Waals surface area contributed by atoms with E-state index in [-0.39, 0.29) is 24.5 Å². The molecule has 34 heavy (non-hydrogen) atoms. The first-order valence-electron chi connectivity index (χ1n) is 11.4. The maximum Gasteiger partial charge on any atom is 0.255 e. The Morgan fingerprint density at radius 2 is 1.65 bits per heavy atom. The van der Waals surface area contributed by atoms with Crippen LogP contribution < -0.4 is 20.7 Å². The van der Waals surface area contributed by atoms with Gasteiger partial charge in [-0.15, -0.1) is 0 Å². The number of benzene rings is 3. The number of aryl methyl sites for hydroxylation is 1. The van der Waals surface area contributed by atoms with Gasteiger partial charge >= 0.3 is 0 Å². The number of carbonyl (C=O) groups excluding carboxylic acids is 2. The molecule has 4 rings (SSSR count). The van der Waals surface area contributed by atoms with Crippen LogP contribution >= 0.6 is 0 Å². The first kappa shape index (κ1) is 23.3. The third-order valence-corrected chi connectivity index (χ3v) is 5.47. The van der Waals surface area contributed by atoms with Crippen molar-refractivity contribution in [2.24, 2.45) is 0 Å². The molecule has 2 amide bonds. The number of carbonyl (C=O) groups is 2. The molecule has 3 aromatic rings. The van der Waals surface area contributed by atoms with Gasteiger partial charge in [0.1, 0.15) is 12.4 Å². The van der Waals surface area contributed by atoms with E-state index >= 15 is 0 Å². The van der Waals surface area contributed by atoms with Crippen LogP contribution in [-0.2, 0) is 9.53 Å². The third-order valence-electron chi connectivity index (χ3n) is 5.47. The van der Waals surface area contributed by atoms with Gasteiger partial charge < -0.3 is 25.4 Å². The summed E-state index contributed by atoms with van der Waals surface area (Å²) in [6.07, 6.45) is 2.31. The Bertz CT molecular complexity index is 1110. The van der Waals surface area contributed by atoms with E-state index in [4.69, 9.17) is 9.47 Å². The monoisotopic (exact) mass is 459 g/mol. The van der Waals surface area contributed by atoms with E-state index in [0.717, 1.165) is 36.4 Å². The highest BCUT2D eigenvalue weighted by atomic mass is 16.5. The predicted octanol–water partition coefficient (Wildman–Crippen LogP) is 4.86. The maximum atomic E-state index is 12.4. The molecule has 1 atom stereocenters. The molecule has 0 bridgehead atoms. The molecule has 1 aliphatic heterocycles. The molecule has 0 spiro atoms. The smallest absolute Gasteiger partial charge is 0.255 e. The normalized spacial score (nSPS) is 14.9. The fourth-order valence-electron chi connectivity index (χ4n) is 3.65. The lowest BCUT2D eigenvalue weighted by atomic mass is 10.1. The zero-order valence-electron chi connectivity index (χ0n) is 19.2. The summed E-state index contributed by atoms with van der Waals surface area (Å²) in [6.45, 7) is 3.44. The van der Waals surface area contributed by atoms with E-state index in [2.05, 4.69) is 16.0 Å². The highest BCUT2D eigenvalue weighted by Gasteiger charge is 2.16. The van der Waals surface area contributed by atoms with Gasteiger partial charge in [0, 0.05) is 29.2 Å². The number of amides is 2. The highest BCUT2D eigenvalue weighted by molar-refractivity contribution is 6.04. The number of hydrogen-bond donors (Lipinski definition) is 3. The van der Waals surface area contributed by atoms with Crippen molar-refractivity contribution < 1.29 is 19.1 Å². The molecule has 1 aliphatic rings. The van der Waals surface area contributed by atoms with Gasteiger partial charge in [-0.05, 0) is 80.4 Å². The Hall–Kier alpha value is -3.84. The van der Waals surface area contributed by atoms with Crippen LogP contribution in [0.15, 0.2) is 72.8 Å². The number of rotatable bonds is 9. The Labute approximate surface area is 199 Å². The zero-order valence-corrected chi connectivity index (χ0v) is 19.2. The zero-order chi connectivity index (χ0) is 23.8. The van der Waals surface area contributed by atoms with Crippen LogP contribution in [0.2, 0.25) is 0 Å². The minimum absolute atomic E-state index is 0.127. The molecule has 3 aromatic carbocycles. The van der Waals surface area contributed by atoms with Crippen LogP contribution in [0.4, 0.5) is 17.1 Å². The van der Waals surface area contributed by atoms with Gasteiger partial charge in [0.15, 0.2) is 0 Å². The summed E-state index contributed by atoms with van der Waals surface area (Å²) in [4.78, 5) is 24.7. The van der Waals surface area contributed by atoms with Crippen LogP contribution in [-0.4, -0.2) is 37.7 Å². The van der Waals surface area contributed by atoms with Crippen LogP contribution in [0, 0.1) is 6.92 Å². The second-order valence-corrected chi connectivity index (χ2v) is 8.27. The second kappa shape index (κ2) is 11.3. The van der Waals surface area contributed by atoms with Gasteiger partial charge in [-0.25, -0.2) is 0 Å². The predicted molar refractivity (Wildman–Crippen MR) is 134 cm³/mol. The molecule has 0 radical (unpaired) electrons. The lowest BCUT2D eigenvalue weighted by Crippen LogP contribution is -2.21. The summed E-state index contributed by atoms with van der Waals surface area (Å²) in [7, 11) is 0. The second-order valence-electron chi connectivity index (χ2n) is 8.27. The summed E-state index contributed by atoms with van der Waals surface area (Å²) in [6, 6.07) is 21.9. The molecule has 176 valence electrons. The minimum Gasteiger partial charge on any atom is -0.491 e. The SMILES string of the molecule is Cc1cccc(C(=O)Nc2ccc(NC(=O)CNc3ccc(OCC4CCCO4)cc3)cc2)c1. The van der Waals surface area contributed by atoms with Crippen molar-refractivity contribution in [3.05, 3.63) is 83.9 Å². The Morgan fingerprint density at radius 1 is 0.941 bits per heavy atom. The standard InChI is InChI=1S/C27H29N3O4/c1-19-4-2-5-20(16-19)27(32)30-23-9-7-22(8-10-23)29-26(31)17-28-21-11-13-24(14-12-21)34-18-25-6-3-15-33-25/h2,4-5,7-14,16,25,28H,3,6,15,17-18H2,1H3,(H,29,31)(H,30,32). The number of hydrogen-bond acceptors (Lipinski definition) is 5. The van der Waals surface area contributed by atoms with Crippen molar-refractivity contribution in [3.8, 4) is 5.75 Å². The Balaban J connectivity index is 1.20. The molecule has 7 heteroatoms.